The molecule has 21 heavy (non-hydrogen) atoms. The zero-order valence-electron chi connectivity index (χ0n) is 11.2. The van der Waals surface area contributed by atoms with Crippen LogP contribution in [0.2, 0.25) is 0 Å². The molecule has 0 aromatic heterocycles. The van der Waals surface area contributed by atoms with Crippen molar-refractivity contribution in [2.24, 2.45) is 0 Å². The lowest BCUT2D eigenvalue weighted by atomic mass is 10.1. The zero-order chi connectivity index (χ0) is 15.6. The number of nitrogens with one attached hydrogen (secondary N) is 1. The Labute approximate surface area is 119 Å². The number of nitrogens with two attached hydrogens (primary N) is 1. The first-order chi connectivity index (χ1) is 9.79. The van der Waals surface area contributed by atoms with E-state index in [4.69, 9.17) is 5.73 Å². The van der Waals surface area contributed by atoms with E-state index >= 15 is 0 Å². The molecule has 0 bridgehead atoms. The molecule has 0 aliphatic heterocycles. The van der Waals surface area contributed by atoms with Crippen LogP contribution in [0.4, 0.5) is 28.9 Å². The minimum atomic E-state index is -4.54. The molecule has 0 radical (unpaired) electrons. The van der Waals surface area contributed by atoms with Crippen LogP contribution in [0.1, 0.15) is 24.1 Å². The van der Waals surface area contributed by atoms with Crippen LogP contribution in [-0.4, -0.2) is 0 Å². The molecule has 0 aliphatic rings. The van der Waals surface area contributed by atoms with Crippen molar-refractivity contribution in [1.82, 2.24) is 0 Å². The summed E-state index contributed by atoms with van der Waals surface area (Å²) in [5.41, 5.74) is 4.71. The van der Waals surface area contributed by atoms with Crippen LogP contribution in [0.25, 0.3) is 0 Å². The number of hydrogen-bond donors (Lipinski definition) is 2. The zero-order valence-corrected chi connectivity index (χ0v) is 11.2. The molecule has 6 heteroatoms. The first-order valence-corrected chi connectivity index (χ1v) is 6.26. The average molecular weight is 298 g/mol. The fourth-order valence-electron chi connectivity index (χ4n) is 2.06. The lowest BCUT2D eigenvalue weighted by Gasteiger charge is -2.20. The largest absolute Gasteiger partial charge is 0.418 e. The van der Waals surface area contributed by atoms with E-state index in [0.717, 1.165) is 6.07 Å². The maximum atomic E-state index is 13.7. The van der Waals surface area contributed by atoms with Gasteiger partial charge in [-0.25, -0.2) is 4.39 Å². The van der Waals surface area contributed by atoms with Gasteiger partial charge in [-0.2, -0.15) is 13.2 Å². The SMILES string of the molecule is CC(Nc1ccc(N)cc1C(F)(F)F)c1ccccc1F. The van der Waals surface area contributed by atoms with Crippen molar-refractivity contribution in [3.63, 3.8) is 0 Å². The molecule has 3 N–H and O–H groups in total. The molecule has 112 valence electrons. The Bertz CT molecular complexity index is 638. The van der Waals surface area contributed by atoms with Gasteiger partial charge in [0.15, 0.2) is 0 Å². The van der Waals surface area contributed by atoms with Gasteiger partial charge in [-0.3, -0.25) is 0 Å². The standard InChI is InChI=1S/C15H14F4N2/c1-9(11-4-2-3-5-13(11)16)21-14-7-6-10(20)8-12(14)15(17,18)19/h2-9,21H,20H2,1H3. The van der Waals surface area contributed by atoms with Crippen LogP contribution < -0.4 is 11.1 Å². The first kappa shape index (κ1) is 15.2. The summed E-state index contributed by atoms with van der Waals surface area (Å²) in [7, 11) is 0. The number of rotatable bonds is 3. The van der Waals surface area contributed by atoms with Crippen LogP contribution in [0, 0.1) is 5.82 Å². The topological polar surface area (TPSA) is 38.0 Å². The molecule has 0 fully saturated rings. The maximum Gasteiger partial charge on any atom is 0.418 e. The third kappa shape index (κ3) is 3.45. The minimum Gasteiger partial charge on any atom is -0.399 e. The highest BCUT2D eigenvalue weighted by atomic mass is 19.4. The number of nitrogen functional groups attached to an aromatic ring is 1. The number of hydrogen-bond acceptors (Lipinski definition) is 2. The van der Waals surface area contributed by atoms with E-state index in [-0.39, 0.29) is 11.4 Å². The van der Waals surface area contributed by atoms with Crippen molar-refractivity contribution in [2.45, 2.75) is 19.1 Å². The molecule has 1 atom stereocenters. The molecule has 2 nitrogen and oxygen atoms in total. The molecule has 2 rings (SSSR count). The van der Waals surface area contributed by atoms with E-state index in [2.05, 4.69) is 5.32 Å². The van der Waals surface area contributed by atoms with Gasteiger partial charge >= 0.3 is 6.18 Å². The normalized spacial score (nSPS) is 13.0. The van der Waals surface area contributed by atoms with Gasteiger partial charge < -0.3 is 11.1 Å². The van der Waals surface area contributed by atoms with Gasteiger partial charge in [-0.1, -0.05) is 18.2 Å². The molecule has 0 aliphatic carbocycles. The summed E-state index contributed by atoms with van der Waals surface area (Å²) in [5.74, 6) is -0.471. The molecule has 0 amide bonds. The van der Waals surface area contributed by atoms with Crippen LogP contribution in [0.15, 0.2) is 42.5 Å². The Hall–Kier alpha value is -2.24. The van der Waals surface area contributed by atoms with Crippen LogP contribution in [-0.2, 0) is 6.18 Å². The van der Waals surface area contributed by atoms with Gasteiger partial charge in [0.1, 0.15) is 5.82 Å². The summed E-state index contributed by atoms with van der Waals surface area (Å²) < 4.78 is 52.6. The van der Waals surface area contributed by atoms with Crippen LogP contribution in [0.3, 0.4) is 0 Å². The highest BCUT2D eigenvalue weighted by Gasteiger charge is 2.34. The number of benzene rings is 2. The van der Waals surface area contributed by atoms with Gasteiger partial charge in [0.2, 0.25) is 0 Å². The smallest absolute Gasteiger partial charge is 0.399 e. The van der Waals surface area contributed by atoms with E-state index in [0.29, 0.717) is 5.56 Å². The quantitative estimate of drug-likeness (QED) is 0.642. The second-order valence-electron chi connectivity index (χ2n) is 4.69. The first-order valence-electron chi connectivity index (χ1n) is 6.26. The van der Waals surface area contributed by atoms with Gasteiger partial charge in [0.25, 0.3) is 0 Å². The second kappa shape index (κ2) is 5.63. The van der Waals surface area contributed by atoms with Gasteiger partial charge in [-0.05, 0) is 31.2 Å². The van der Waals surface area contributed by atoms with Gasteiger partial charge in [-0.15, -0.1) is 0 Å². The predicted molar refractivity (Wildman–Crippen MR) is 74.3 cm³/mol. The van der Waals surface area contributed by atoms with Crippen molar-refractivity contribution in [2.75, 3.05) is 11.1 Å². The summed E-state index contributed by atoms with van der Waals surface area (Å²) in [5, 5.41) is 2.69. The van der Waals surface area contributed by atoms with Crippen LogP contribution >= 0.6 is 0 Å². The van der Waals surface area contributed by atoms with E-state index in [1.165, 1.54) is 30.3 Å². The van der Waals surface area contributed by atoms with Crippen molar-refractivity contribution in [3.8, 4) is 0 Å². The van der Waals surface area contributed by atoms with E-state index in [9.17, 15) is 17.6 Å². The van der Waals surface area contributed by atoms with E-state index in [1.54, 1.807) is 13.0 Å². The van der Waals surface area contributed by atoms with E-state index < -0.39 is 23.6 Å². The van der Waals surface area contributed by atoms with Crippen molar-refractivity contribution < 1.29 is 17.6 Å². The molecule has 0 saturated heterocycles. The highest BCUT2D eigenvalue weighted by molar-refractivity contribution is 5.60. The molecule has 2 aromatic carbocycles. The Morgan fingerprint density at radius 3 is 2.38 bits per heavy atom. The molecule has 1 unspecified atom stereocenters. The minimum absolute atomic E-state index is 0.0198. The summed E-state index contributed by atoms with van der Waals surface area (Å²) in [6, 6.07) is 8.80. The van der Waals surface area contributed by atoms with Crippen LogP contribution in [0.5, 0.6) is 0 Å². The number of alkyl halides is 3. The highest BCUT2D eigenvalue weighted by Crippen LogP contribution is 2.37. The maximum absolute atomic E-state index is 13.7. The van der Waals surface area contributed by atoms with Crippen molar-refractivity contribution >= 4 is 11.4 Å². The van der Waals surface area contributed by atoms with E-state index in [1.807, 2.05) is 0 Å². The fourth-order valence-corrected chi connectivity index (χ4v) is 2.06. The van der Waals surface area contributed by atoms with Crippen molar-refractivity contribution in [3.05, 3.63) is 59.4 Å². The summed E-state index contributed by atoms with van der Waals surface area (Å²) in [4.78, 5) is 0. The Kier molecular flexibility index (Phi) is 4.06. The van der Waals surface area contributed by atoms with Crippen molar-refractivity contribution in [1.29, 1.82) is 0 Å². The molecule has 2 aromatic rings. The summed E-state index contributed by atoms with van der Waals surface area (Å²) in [6.07, 6.45) is -4.54. The summed E-state index contributed by atoms with van der Waals surface area (Å²) >= 11 is 0. The summed E-state index contributed by atoms with van der Waals surface area (Å²) in [6.45, 7) is 1.59. The third-order valence-electron chi connectivity index (χ3n) is 3.09. The lowest BCUT2D eigenvalue weighted by Crippen LogP contribution is -2.14. The average Bonchev–Trinajstić information content (AvgIpc) is 2.40. The van der Waals surface area contributed by atoms with Gasteiger partial charge in [0, 0.05) is 16.9 Å². The molecular weight excluding hydrogens is 284 g/mol. The molecule has 0 heterocycles. The molecule has 0 spiro atoms. The second-order valence-corrected chi connectivity index (χ2v) is 4.69. The third-order valence-corrected chi connectivity index (χ3v) is 3.09. The Morgan fingerprint density at radius 2 is 1.76 bits per heavy atom. The number of anilines is 2. The number of halogens is 4. The predicted octanol–water partition coefficient (Wildman–Crippen LogP) is 4.60. The monoisotopic (exact) mass is 298 g/mol. The molecular formula is C15H14F4N2. The Morgan fingerprint density at radius 1 is 1.10 bits per heavy atom. The fraction of sp³-hybridized carbons (Fsp3) is 0.200. The Balaban J connectivity index is 2.34. The van der Waals surface area contributed by atoms with Gasteiger partial charge in [0.05, 0.1) is 11.6 Å². The lowest BCUT2D eigenvalue weighted by molar-refractivity contribution is -0.136. The molecule has 0 saturated carbocycles.